The summed E-state index contributed by atoms with van der Waals surface area (Å²) in [5.74, 6) is -1.35. The second-order valence-corrected chi connectivity index (χ2v) is 9.75. The van der Waals surface area contributed by atoms with Crippen molar-refractivity contribution in [3.63, 3.8) is 0 Å². The van der Waals surface area contributed by atoms with Crippen LogP contribution in [0.1, 0.15) is 25.3 Å². The first-order chi connectivity index (χ1) is 17.8. The molecule has 9 nitrogen and oxygen atoms in total. The Bertz CT molecular complexity index is 1110. The molecule has 2 N–H and O–H groups in total. The van der Waals surface area contributed by atoms with E-state index in [1.54, 1.807) is 32.2 Å². The molecule has 1 saturated heterocycles. The second kappa shape index (κ2) is 14.2. The molecule has 1 aromatic heterocycles. The fourth-order valence-electron chi connectivity index (χ4n) is 3.80. The Morgan fingerprint density at radius 3 is 2.86 bits per heavy atom. The first-order valence-electron chi connectivity index (χ1n) is 11.8. The van der Waals surface area contributed by atoms with Gasteiger partial charge < -0.3 is 19.9 Å². The van der Waals surface area contributed by atoms with E-state index in [1.165, 1.54) is 23.5 Å². The Labute approximate surface area is 224 Å². The molecule has 2 atom stereocenters. The number of morpholine rings is 1. The predicted octanol–water partition coefficient (Wildman–Crippen LogP) is 3.60. The summed E-state index contributed by atoms with van der Waals surface area (Å²) in [6.07, 6.45) is 2.19. The fraction of sp³-hybridized carbons (Fsp3) is 0.440. The SMILES string of the molecule is CCOC(=O)C1=C(CN2CCOCC2CC(C)C(=O)O)NC(c2nccs2)=NC1.Fc1cccc(Cl)c1. The molecule has 12 heteroatoms. The molecular weight excluding hydrogens is 523 g/mol. The van der Waals surface area contributed by atoms with Crippen LogP contribution in [-0.4, -0.2) is 78.3 Å². The minimum atomic E-state index is -0.823. The summed E-state index contributed by atoms with van der Waals surface area (Å²) < 4.78 is 22.9. The van der Waals surface area contributed by atoms with Crippen molar-refractivity contribution in [2.24, 2.45) is 10.9 Å². The average molecular weight is 553 g/mol. The van der Waals surface area contributed by atoms with Gasteiger partial charge in [-0.3, -0.25) is 14.7 Å². The number of esters is 1. The summed E-state index contributed by atoms with van der Waals surface area (Å²) >= 11 is 6.87. The van der Waals surface area contributed by atoms with Gasteiger partial charge in [0.05, 0.1) is 37.9 Å². The van der Waals surface area contributed by atoms with Crippen LogP contribution in [0.5, 0.6) is 0 Å². The lowest BCUT2D eigenvalue weighted by atomic mass is 10.00. The number of aliphatic imine (C=N–C) groups is 1. The molecular formula is C25H30ClFN4O5S. The highest BCUT2D eigenvalue weighted by Gasteiger charge is 2.31. The van der Waals surface area contributed by atoms with Gasteiger partial charge in [0, 0.05) is 41.4 Å². The van der Waals surface area contributed by atoms with Gasteiger partial charge >= 0.3 is 11.9 Å². The highest BCUT2D eigenvalue weighted by Crippen LogP contribution is 2.21. The molecule has 4 rings (SSSR count). The fourth-order valence-corrected chi connectivity index (χ4v) is 4.58. The molecule has 200 valence electrons. The normalized spacial score (nSPS) is 18.7. The number of carbonyl (C=O) groups is 2. The van der Waals surface area contributed by atoms with Crippen LogP contribution in [0.25, 0.3) is 0 Å². The number of aromatic nitrogens is 1. The highest BCUT2D eigenvalue weighted by molar-refractivity contribution is 7.11. The van der Waals surface area contributed by atoms with Gasteiger partial charge in [-0.05, 0) is 31.5 Å². The molecule has 0 spiro atoms. The number of carboxylic acids is 1. The van der Waals surface area contributed by atoms with E-state index in [0.717, 1.165) is 10.7 Å². The summed E-state index contributed by atoms with van der Waals surface area (Å²) in [6.45, 7) is 6.11. The molecule has 0 aliphatic carbocycles. The van der Waals surface area contributed by atoms with Gasteiger partial charge in [-0.1, -0.05) is 24.6 Å². The van der Waals surface area contributed by atoms with Gasteiger partial charge in [-0.25, -0.2) is 14.2 Å². The zero-order chi connectivity index (χ0) is 26.8. The number of amidine groups is 1. The van der Waals surface area contributed by atoms with E-state index < -0.39 is 11.9 Å². The van der Waals surface area contributed by atoms with Crippen LogP contribution in [0.2, 0.25) is 5.02 Å². The molecule has 2 unspecified atom stereocenters. The van der Waals surface area contributed by atoms with Gasteiger partial charge in [0.2, 0.25) is 0 Å². The van der Waals surface area contributed by atoms with Crippen molar-refractivity contribution in [2.45, 2.75) is 26.3 Å². The summed E-state index contributed by atoms with van der Waals surface area (Å²) in [7, 11) is 0. The van der Waals surface area contributed by atoms with Crippen molar-refractivity contribution in [2.75, 3.05) is 39.5 Å². The number of hydrogen-bond donors (Lipinski definition) is 2. The van der Waals surface area contributed by atoms with Crippen molar-refractivity contribution in [1.82, 2.24) is 15.2 Å². The Balaban J connectivity index is 0.000000405. The van der Waals surface area contributed by atoms with Gasteiger partial charge in [0.15, 0.2) is 10.8 Å². The zero-order valence-corrected chi connectivity index (χ0v) is 22.2. The van der Waals surface area contributed by atoms with Crippen LogP contribution in [0.4, 0.5) is 4.39 Å². The van der Waals surface area contributed by atoms with Crippen LogP contribution < -0.4 is 5.32 Å². The maximum Gasteiger partial charge on any atom is 0.337 e. The highest BCUT2D eigenvalue weighted by atomic mass is 35.5. The number of nitrogens with one attached hydrogen (secondary N) is 1. The Hall–Kier alpha value is -2.86. The minimum absolute atomic E-state index is 0.0465. The third-order valence-corrected chi connectivity index (χ3v) is 6.75. The van der Waals surface area contributed by atoms with E-state index in [1.807, 2.05) is 5.38 Å². The van der Waals surface area contributed by atoms with E-state index in [2.05, 4.69) is 20.2 Å². The number of aliphatic carboxylic acids is 1. The number of thiazole rings is 1. The van der Waals surface area contributed by atoms with Crippen LogP contribution in [0.3, 0.4) is 0 Å². The number of halogens is 2. The minimum Gasteiger partial charge on any atom is -0.481 e. The predicted molar refractivity (Wildman–Crippen MR) is 139 cm³/mol. The van der Waals surface area contributed by atoms with E-state index in [-0.39, 0.29) is 31.0 Å². The van der Waals surface area contributed by atoms with Crippen LogP contribution >= 0.6 is 22.9 Å². The molecule has 0 saturated carbocycles. The molecule has 1 fully saturated rings. The van der Waals surface area contributed by atoms with Gasteiger partial charge in [0.25, 0.3) is 0 Å². The third kappa shape index (κ3) is 8.60. The zero-order valence-electron chi connectivity index (χ0n) is 20.7. The van der Waals surface area contributed by atoms with Crippen molar-refractivity contribution >= 4 is 40.7 Å². The average Bonchev–Trinajstić information content (AvgIpc) is 3.41. The second-order valence-electron chi connectivity index (χ2n) is 8.42. The van der Waals surface area contributed by atoms with Gasteiger partial charge in [-0.15, -0.1) is 11.3 Å². The lowest BCUT2D eigenvalue weighted by molar-refractivity contribution is -0.142. The standard InChI is InChI=1S/C19H26N4O5S.C6H4ClF/c1-3-28-19(26)14-9-21-16(17-20-4-7-29-17)22-15(14)10-23-5-6-27-11-13(23)8-12(2)18(24)25;7-5-2-1-3-6(8)4-5/h4,7,12-13H,3,5-6,8-11H2,1-2H3,(H,21,22)(H,24,25);1-4H. The smallest absolute Gasteiger partial charge is 0.337 e. The summed E-state index contributed by atoms with van der Waals surface area (Å²) in [5.41, 5.74) is 1.21. The van der Waals surface area contributed by atoms with Crippen molar-refractivity contribution < 1.29 is 28.6 Å². The molecule has 2 aliphatic rings. The number of rotatable bonds is 8. The van der Waals surface area contributed by atoms with Crippen molar-refractivity contribution in [1.29, 1.82) is 0 Å². The lowest BCUT2D eigenvalue weighted by Gasteiger charge is -2.37. The maximum atomic E-state index is 12.5. The largest absolute Gasteiger partial charge is 0.481 e. The lowest BCUT2D eigenvalue weighted by Crippen LogP contribution is -2.49. The van der Waals surface area contributed by atoms with Crippen LogP contribution in [0.15, 0.2) is 52.1 Å². The summed E-state index contributed by atoms with van der Waals surface area (Å²) in [5, 5.41) is 15.6. The Morgan fingerprint density at radius 2 is 2.24 bits per heavy atom. The molecule has 0 bridgehead atoms. The monoisotopic (exact) mass is 552 g/mol. The van der Waals surface area contributed by atoms with E-state index in [9.17, 15) is 19.1 Å². The van der Waals surface area contributed by atoms with Gasteiger partial charge in [-0.2, -0.15) is 0 Å². The Morgan fingerprint density at radius 1 is 1.43 bits per heavy atom. The number of benzene rings is 1. The van der Waals surface area contributed by atoms with Gasteiger partial charge in [0.1, 0.15) is 5.82 Å². The molecule has 37 heavy (non-hydrogen) atoms. The number of hydrogen-bond acceptors (Lipinski definition) is 9. The Kier molecular flexibility index (Phi) is 11.0. The van der Waals surface area contributed by atoms with E-state index in [4.69, 9.17) is 21.1 Å². The van der Waals surface area contributed by atoms with Crippen molar-refractivity contribution in [3.05, 3.63) is 63.0 Å². The van der Waals surface area contributed by atoms with Crippen LogP contribution in [0, 0.1) is 11.7 Å². The molecule has 0 radical (unpaired) electrons. The number of ether oxygens (including phenoxy) is 2. The number of nitrogens with zero attached hydrogens (tertiary/aromatic N) is 3. The van der Waals surface area contributed by atoms with Crippen molar-refractivity contribution in [3.8, 4) is 0 Å². The molecule has 2 aromatic rings. The molecule has 3 heterocycles. The van der Waals surface area contributed by atoms with Crippen LogP contribution in [-0.2, 0) is 19.1 Å². The van der Waals surface area contributed by atoms with E-state index >= 15 is 0 Å². The quantitative estimate of drug-likeness (QED) is 0.478. The topological polar surface area (TPSA) is 113 Å². The summed E-state index contributed by atoms with van der Waals surface area (Å²) in [4.78, 5) is 34.7. The third-order valence-electron chi connectivity index (χ3n) is 5.73. The first kappa shape index (κ1) is 28.7. The maximum absolute atomic E-state index is 12.5. The number of carboxylic acid groups (broad SMARTS) is 1. The summed E-state index contributed by atoms with van der Waals surface area (Å²) in [6, 6.07) is 5.77. The van der Waals surface area contributed by atoms with E-state index in [0.29, 0.717) is 49.2 Å². The number of carbonyl (C=O) groups excluding carboxylic acids is 1. The molecule has 1 aromatic carbocycles. The molecule has 0 amide bonds. The molecule has 2 aliphatic heterocycles. The first-order valence-corrected chi connectivity index (χ1v) is 13.1.